The molecule has 0 saturated heterocycles. The third kappa shape index (κ3) is 3.36. The molecule has 0 fully saturated rings. The second-order valence-electron chi connectivity index (χ2n) is 7.06. The van der Waals surface area contributed by atoms with E-state index in [-0.39, 0.29) is 22.0 Å². The van der Waals surface area contributed by atoms with Gasteiger partial charge >= 0.3 is 11.7 Å². The van der Waals surface area contributed by atoms with Gasteiger partial charge in [-0.1, -0.05) is 12.1 Å². The maximum Gasteiger partial charge on any atom is 0.332 e. The number of esters is 1. The van der Waals surface area contributed by atoms with Gasteiger partial charge in [-0.05, 0) is 44.5 Å². The Hall–Kier alpha value is -3.20. The van der Waals surface area contributed by atoms with Gasteiger partial charge < -0.3 is 4.74 Å². The van der Waals surface area contributed by atoms with Gasteiger partial charge in [0.2, 0.25) is 5.28 Å². The fourth-order valence-corrected chi connectivity index (χ4v) is 2.79. The molecule has 1 aromatic carbocycles. The zero-order chi connectivity index (χ0) is 20.6. The number of halogens is 1. The lowest BCUT2D eigenvalue weighted by Gasteiger charge is -2.16. The van der Waals surface area contributed by atoms with Gasteiger partial charge in [0.25, 0.3) is 5.56 Å². The largest absolute Gasteiger partial charge is 0.443 e. The van der Waals surface area contributed by atoms with Crippen molar-refractivity contribution in [3.8, 4) is 5.69 Å². The Balaban J connectivity index is 2.20. The highest BCUT2D eigenvalue weighted by Crippen LogP contribution is 2.23. The van der Waals surface area contributed by atoms with Crippen molar-refractivity contribution in [3.63, 3.8) is 0 Å². The van der Waals surface area contributed by atoms with Crippen molar-refractivity contribution >= 4 is 35.0 Å². The molecule has 0 amide bonds. The standard InChI is InChI=1S/C18H17ClN4O5/c1-18(2,3)15(26)28-9-22-14(25)12-13(21-17(22)27)20-16(19)23(12)11-7-5-4-6-10(11)8-24/h4-8H,9H2,1-3H3,(H,21,27). The number of ether oxygens (including phenoxy) is 1. The van der Waals surface area contributed by atoms with Gasteiger partial charge in [0.05, 0.1) is 11.1 Å². The molecular weight excluding hydrogens is 388 g/mol. The van der Waals surface area contributed by atoms with E-state index >= 15 is 0 Å². The average Bonchev–Trinajstić information content (AvgIpc) is 2.96. The fraction of sp³-hybridized carbons (Fsp3) is 0.278. The van der Waals surface area contributed by atoms with Crippen LogP contribution in [0.3, 0.4) is 0 Å². The van der Waals surface area contributed by atoms with Crippen molar-refractivity contribution < 1.29 is 14.3 Å². The van der Waals surface area contributed by atoms with Gasteiger partial charge in [0.1, 0.15) is 0 Å². The summed E-state index contributed by atoms with van der Waals surface area (Å²) < 4.78 is 7.08. The van der Waals surface area contributed by atoms with Crippen molar-refractivity contribution in [1.29, 1.82) is 0 Å². The van der Waals surface area contributed by atoms with Crippen LogP contribution in [0.5, 0.6) is 0 Å². The van der Waals surface area contributed by atoms with Gasteiger partial charge in [-0.25, -0.2) is 9.36 Å². The van der Waals surface area contributed by atoms with Crippen molar-refractivity contribution in [2.45, 2.75) is 27.5 Å². The number of nitrogens with one attached hydrogen (secondary N) is 1. The lowest BCUT2D eigenvalue weighted by atomic mass is 9.98. The fourth-order valence-electron chi connectivity index (χ4n) is 2.53. The molecule has 0 bridgehead atoms. The number of carbonyl (C=O) groups is 2. The first-order valence-electron chi connectivity index (χ1n) is 8.28. The average molecular weight is 405 g/mol. The van der Waals surface area contributed by atoms with Crippen molar-refractivity contribution in [2.75, 3.05) is 0 Å². The minimum Gasteiger partial charge on any atom is -0.443 e. The highest BCUT2D eigenvalue weighted by molar-refractivity contribution is 6.29. The summed E-state index contributed by atoms with van der Waals surface area (Å²) in [6.45, 7) is 4.38. The third-order valence-electron chi connectivity index (χ3n) is 4.00. The van der Waals surface area contributed by atoms with E-state index in [1.807, 2.05) is 0 Å². The van der Waals surface area contributed by atoms with Crippen LogP contribution in [-0.4, -0.2) is 31.4 Å². The summed E-state index contributed by atoms with van der Waals surface area (Å²) in [5, 5.41) is -0.110. The number of nitrogens with zero attached hydrogens (tertiary/aromatic N) is 3. The van der Waals surface area contributed by atoms with Crippen LogP contribution in [0.25, 0.3) is 16.9 Å². The molecule has 2 heterocycles. The van der Waals surface area contributed by atoms with Crippen LogP contribution in [0.1, 0.15) is 31.1 Å². The second kappa shape index (κ2) is 7.08. The van der Waals surface area contributed by atoms with E-state index in [4.69, 9.17) is 16.3 Å². The molecule has 10 heteroatoms. The Bertz CT molecular complexity index is 1200. The van der Waals surface area contributed by atoms with Crippen molar-refractivity contribution in [1.82, 2.24) is 19.1 Å². The minimum atomic E-state index is -0.802. The molecule has 28 heavy (non-hydrogen) atoms. The van der Waals surface area contributed by atoms with Crippen LogP contribution in [0, 0.1) is 5.41 Å². The molecule has 2 aromatic heterocycles. The van der Waals surface area contributed by atoms with Crippen LogP contribution in [0.15, 0.2) is 33.9 Å². The number of benzene rings is 1. The van der Waals surface area contributed by atoms with E-state index in [9.17, 15) is 19.2 Å². The summed E-state index contributed by atoms with van der Waals surface area (Å²) in [6.07, 6.45) is 0.618. The van der Waals surface area contributed by atoms with E-state index in [0.717, 1.165) is 4.57 Å². The number of hydrogen-bond donors (Lipinski definition) is 1. The zero-order valence-electron chi connectivity index (χ0n) is 15.4. The number of fused-ring (bicyclic) bond motifs is 1. The van der Waals surface area contributed by atoms with Crippen LogP contribution >= 0.6 is 11.6 Å². The molecule has 0 radical (unpaired) electrons. The molecule has 0 aliphatic carbocycles. The molecule has 0 aliphatic heterocycles. The number of aromatic nitrogens is 4. The SMILES string of the molecule is CC(C)(C)C(=O)OCn1c(=O)[nH]c2nc(Cl)n(-c3ccccc3C=O)c2c1=O. The summed E-state index contributed by atoms with van der Waals surface area (Å²) in [4.78, 5) is 55.0. The molecule has 9 nitrogen and oxygen atoms in total. The van der Waals surface area contributed by atoms with Crippen LogP contribution in [0.2, 0.25) is 5.28 Å². The first kappa shape index (κ1) is 19.6. The first-order valence-corrected chi connectivity index (χ1v) is 8.66. The predicted molar refractivity (Wildman–Crippen MR) is 102 cm³/mol. The molecule has 0 saturated carbocycles. The molecule has 3 rings (SSSR count). The van der Waals surface area contributed by atoms with Crippen LogP contribution in [0.4, 0.5) is 0 Å². The Morgan fingerprint density at radius 2 is 1.96 bits per heavy atom. The number of hydrogen-bond acceptors (Lipinski definition) is 6. The van der Waals surface area contributed by atoms with E-state index < -0.39 is 29.4 Å². The van der Waals surface area contributed by atoms with E-state index in [0.29, 0.717) is 12.0 Å². The molecule has 1 N–H and O–H groups in total. The normalized spacial score (nSPS) is 11.6. The Morgan fingerprint density at radius 3 is 2.61 bits per heavy atom. The van der Waals surface area contributed by atoms with Gasteiger partial charge in [0, 0.05) is 5.56 Å². The number of para-hydroxylation sites is 1. The molecule has 0 aliphatic rings. The maximum absolute atomic E-state index is 13.0. The van der Waals surface area contributed by atoms with Gasteiger partial charge in [0.15, 0.2) is 24.2 Å². The zero-order valence-corrected chi connectivity index (χ0v) is 16.1. The number of H-pyrrole nitrogens is 1. The van der Waals surface area contributed by atoms with E-state index in [2.05, 4.69) is 9.97 Å². The summed E-state index contributed by atoms with van der Waals surface area (Å²) in [6, 6.07) is 6.47. The quantitative estimate of drug-likeness (QED) is 0.403. The molecule has 0 spiro atoms. The van der Waals surface area contributed by atoms with Crippen LogP contribution in [-0.2, 0) is 16.3 Å². The Kier molecular flexibility index (Phi) is 4.95. The van der Waals surface area contributed by atoms with E-state index in [1.165, 1.54) is 4.57 Å². The number of aldehydes is 1. The highest BCUT2D eigenvalue weighted by Gasteiger charge is 2.24. The highest BCUT2D eigenvalue weighted by atomic mass is 35.5. The molecule has 0 atom stereocenters. The van der Waals surface area contributed by atoms with Crippen LogP contribution < -0.4 is 11.2 Å². The Morgan fingerprint density at radius 1 is 1.29 bits per heavy atom. The predicted octanol–water partition coefficient (Wildman–Crippen LogP) is 1.89. The smallest absolute Gasteiger partial charge is 0.332 e. The van der Waals surface area contributed by atoms with Crippen molar-refractivity contribution in [3.05, 3.63) is 56.0 Å². The lowest BCUT2D eigenvalue weighted by molar-refractivity contribution is -0.157. The molecular formula is C18H17ClN4O5. The summed E-state index contributed by atoms with van der Waals surface area (Å²) in [5.41, 5.74) is -1.85. The van der Waals surface area contributed by atoms with E-state index in [1.54, 1.807) is 45.0 Å². The molecule has 3 aromatic rings. The minimum absolute atomic E-state index is 0.0425. The Labute approximate surface area is 163 Å². The van der Waals surface area contributed by atoms with Gasteiger partial charge in [-0.3, -0.25) is 23.9 Å². The maximum atomic E-state index is 13.0. The van der Waals surface area contributed by atoms with Gasteiger partial charge in [-0.2, -0.15) is 4.98 Å². The monoisotopic (exact) mass is 404 g/mol. The topological polar surface area (TPSA) is 116 Å². The summed E-state index contributed by atoms with van der Waals surface area (Å²) >= 11 is 6.18. The summed E-state index contributed by atoms with van der Waals surface area (Å²) in [5.74, 6) is -0.572. The second-order valence-corrected chi connectivity index (χ2v) is 7.40. The third-order valence-corrected chi connectivity index (χ3v) is 4.25. The van der Waals surface area contributed by atoms with Gasteiger partial charge in [-0.15, -0.1) is 0 Å². The number of rotatable bonds is 4. The first-order chi connectivity index (χ1) is 13.1. The number of imidazole rings is 1. The van der Waals surface area contributed by atoms with Crippen molar-refractivity contribution in [2.24, 2.45) is 5.41 Å². The molecule has 0 unspecified atom stereocenters. The summed E-state index contributed by atoms with van der Waals surface area (Å²) in [7, 11) is 0. The lowest BCUT2D eigenvalue weighted by Crippen LogP contribution is -2.38. The number of carbonyl (C=O) groups excluding carboxylic acids is 2. The number of aromatic amines is 1. The molecule has 146 valence electrons.